The van der Waals surface area contributed by atoms with Crippen LogP contribution in [0.3, 0.4) is 0 Å². The van der Waals surface area contributed by atoms with Crippen molar-refractivity contribution in [3.05, 3.63) is 60.4 Å². The minimum Gasteiger partial charge on any atom is -0.358 e. The number of piperazine rings is 1. The normalized spacial score (nSPS) is 14.4. The summed E-state index contributed by atoms with van der Waals surface area (Å²) in [7, 11) is 0. The molecular formula is C19H19FN6S. The first-order chi connectivity index (χ1) is 13.2. The molecule has 0 aliphatic carbocycles. The zero-order valence-electron chi connectivity index (χ0n) is 14.7. The molecule has 1 aromatic carbocycles. The Balaban J connectivity index is 1.39. The predicted molar refractivity (Wildman–Crippen MR) is 107 cm³/mol. The van der Waals surface area contributed by atoms with E-state index in [0.717, 1.165) is 53.6 Å². The first kappa shape index (κ1) is 17.5. The van der Waals surface area contributed by atoms with Crippen LogP contribution in [0.1, 0.15) is 5.56 Å². The lowest BCUT2D eigenvalue weighted by atomic mass is 10.2. The Hall–Kier alpha value is -2.87. The van der Waals surface area contributed by atoms with Gasteiger partial charge in [0.25, 0.3) is 0 Å². The molecule has 1 saturated heterocycles. The smallest absolute Gasteiger partial charge is 0.169 e. The molecule has 3 heterocycles. The molecular weight excluding hydrogens is 363 g/mol. The average molecular weight is 382 g/mol. The van der Waals surface area contributed by atoms with Gasteiger partial charge in [-0.05, 0) is 42.0 Å². The molecule has 4 rings (SSSR count). The van der Waals surface area contributed by atoms with Crippen LogP contribution in [0.25, 0.3) is 10.9 Å². The number of aromatic nitrogens is 3. The molecule has 0 atom stereocenters. The fourth-order valence-electron chi connectivity index (χ4n) is 3.18. The second-order valence-electron chi connectivity index (χ2n) is 6.35. The molecule has 0 unspecified atom stereocenters. The standard InChI is InChI=1S/C19H19FN6S/c20-15-3-4-17-16(10-15)18(24-13-23-17)25-6-8-26(9-7-25)19(27)22-12-14-2-1-5-21-11-14/h1-5,10-11,13H,6-9,12H2,(H,22,27). The molecule has 0 amide bonds. The molecule has 1 fully saturated rings. The lowest BCUT2D eigenvalue weighted by Gasteiger charge is -2.37. The lowest BCUT2D eigenvalue weighted by Crippen LogP contribution is -2.51. The van der Waals surface area contributed by atoms with Crippen LogP contribution in [0.4, 0.5) is 10.2 Å². The highest BCUT2D eigenvalue weighted by Gasteiger charge is 2.21. The highest BCUT2D eigenvalue weighted by molar-refractivity contribution is 7.80. The number of thiocarbonyl (C=S) groups is 1. The van der Waals surface area contributed by atoms with Crippen LogP contribution in [0.15, 0.2) is 49.1 Å². The number of hydrogen-bond donors (Lipinski definition) is 1. The van der Waals surface area contributed by atoms with E-state index in [-0.39, 0.29) is 5.82 Å². The van der Waals surface area contributed by atoms with E-state index in [1.807, 2.05) is 18.3 Å². The maximum Gasteiger partial charge on any atom is 0.169 e. The Morgan fingerprint density at radius 2 is 2.00 bits per heavy atom. The number of nitrogens with zero attached hydrogens (tertiary/aromatic N) is 5. The van der Waals surface area contributed by atoms with Crippen molar-refractivity contribution >= 4 is 34.1 Å². The maximum atomic E-state index is 13.7. The van der Waals surface area contributed by atoms with Crippen LogP contribution in [-0.4, -0.2) is 51.1 Å². The van der Waals surface area contributed by atoms with Gasteiger partial charge in [0.05, 0.1) is 5.52 Å². The molecule has 0 saturated carbocycles. The molecule has 1 aliphatic rings. The summed E-state index contributed by atoms with van der Waals surface area (Å²) in [5.74, 6) is 0.492. The zero-order chi connectivity index (χ0) is 18.6. The monoisotopic (exact) mass is 382 g/mol. The van der Waals surface area contributed by atoms with Crippen molar-refractivity contribution < 1.29 is 4.39 Å². The molecule has 3 aromatic rings. The Labute approximate surface area is 162 Å². The Bertz CT molecular complexity index is 943. The fraction of sp³-hybridized carbons (Fsp3) is 0.263. The van der Waals surface area contributed by atoms with E-state index in [1.54, 1.807) is 12.3 Å². The van der Waals surface area contributed by atoms with Crippen molar-refractivity contribution in [1.29, 1.82) is 0 Å². The summed E-state index contributed by atoms with van der Waals surface area (Å²) >= 11 is 5.52. The second kappa shape index (κ2) is 7.79. The highest BCUT2D eigenvalue weighted by atomic mass is 32.1. The minimum absolute atomic E-state index is 0.280. The van der Waals surface area contributed by atoms with Gasteiger partial charge in [0, 0.05) is 50.5 Å². The second-order valence-corrected chi connectivity index (χ2v) is 6.74. The number of fused-ring (bicyclic) bond motifs is 1. The van der Waals surface area contributed by atoms with Crippen molar-refractivity contribution in [2.24, 2.45) is 0 Å². The van der Waals surface area contributed by atoms with Crippen LogP contribution in [-0.2, 0) is 6.54 Å². The van der Waals surface area contributed by atoms with Crippen LogP contribution < -0.4 is 10.2 Å². The van der Waals surface area contributed by atoms with Gasteiger partial charge >= 0.3 is 0 Å². The Morgan fingerprint density at radius 1 is 1.15 bits per heavy atom. The number of anilines is 1. The summed E-state index contributed by atoms with van der Waals surface area (Å²) in [6, 6.07) is 8.53. The van der Waals surface area contributed by atoms with Crippen LogP contribution in [0.2, 0.25) is 0 Å². The van der Waals surface area contributed by atoms with Crippen molar-refractivity contribution in [2.75, 3.05) is 31.1 Å². The summed E-state index contributed by atoms with van der Waals surface area (Å²) in [5.41, 5.74) is 1.84. The summed E-state index contributed by atoms with van der Waals surface area (Å²) in [6.45, 7) is 3.73. The van der Waals surface area contributed by atoms with E-state index in [1.165, 1.54) is 18.5 Å². The van der Waals surface area contributed by atoms with Crippen molar-refractivity contribution in [3.63, 3.8) is 0 Å². The van der Waals surface area contributed by atoms with Gasteiger partial charge in [-0.25, -0.2) is 14.4 Å². The third kappa shape index (κ3) is 3.95. The van der Waals surface area contributed by atoms with E-state index >= 15 is 0 Å². The third-order valence-corrected chi connectivity index (χ3v) is 5.01. The first-order valence-corrected chi connectivity index (χ1v) is 9.18. The van der Waals surface area contributed by atoms with Crippen molar-refractivity contribution in [1.82, 2.24) is 25.2 Å². The van der Waals surface area contributed by atoms with E-state index in [9.17, 15) is 4.39 Å². The molecule has 27 heavy (non-hydrogen) atoms. The van der Waals surface area contributed by atoms with Gasteiger partial charge in [-0.3, -0.25) is 4.98 Å². The molecule has 8 heteroatoms. The SMILES string of the molecule is Fc1ccc2ncnc(N3CCN(C(=S)NCc4cccnc4)CC3)c2c1. The minimum atomic E-state index is -0.280. The number of rotatable bonds is 3. The van der Waals surface area contributed by atoms with Gasteiger partial charge in [0.15, 0.2) is 5.11 Å². The van der Waals surface area contributed by atoms with Gasteiger partial charge in [-0.15, -0.1) is 0 Å². The fourth-order valence-corrected chi connectivity index (χ4v) is 3.44. The molecule has 0 spiro atoms. The van der Waals surface area contributed by atoms with Crippen molar-refractivity contribution in [3.8, 4) is 0 Å². The molecule has 1 N–H and O–H groups in total. The summed E-state index contributed by atoms with van der Waals surface area (Å²) in [4.78, 5) is 17.0. The highest BCUT2D eigenvalue weighted by Crippen LogP contribution is 2.24. The van der Waals surface area contributed by atoms with Crippen LogP contribution in [0.5, 0.6) is 0 Å². The quantitative estimate of drug-likeness (QED) is 0.698. The summed E-state index contributed by atoms with van der Waals surface area (Å²) < 4.78 is 13.7. The van der Waals surface area contributed by atoms with Gasteiger partial charge in [0.2, 0.25) is 0 Å². The molecule has 0 radical (unpaired) electrons. The van der Waals surface area contributed by atoms with Crippen LogP contribution in [0, 0.1) is 5.82 Å². The third-order valence-electron chi connectivity index (χ3n) is 4.61. The van der Waals surface area contributed by atoms with E-state index in [4.69, 9.17) is 12.2 Å². The largest absolute Gasteiger partial charge is 0.358 e. The van der Waals surface area contributed by atoms with Gasteiger partial charge < -0.3 is 15.1 Å². The maximum absolute atomic E-state index is 13.7. The zero-order valence-corrected chi connectivity index (χ0v) is 15.5. The van der Waals surface area contributed by atoms with Gasteiger partial charge in [0.1, 0.15) is 18.0 Å². The summed E-state index contributed by atoms with van der Waals surface area (Å²) in [5, 5.41) is 4.76. The number of halogens is 1. The molecule has 2 aromatic heterocycles. The topological polar surface area (TPSA) is 57.2 Å². The Kier molecular flexibility index (Phi) is 5.06. The molecule has 1 aliphatic heterocycles. The Morgan fingerprint density at radius 3 is 2.78 bits per heavy atom. The predicted octanol–water partition coefficient (Wildman–Crippen LogP) is 2.36. The van der Waals surface area contributed by atoms with Crippen LogP contribution >= 0.6 is 12.2 Å². The van der Waals surface area contributed by atoms with Crippen molar-refractivity contribution in [2.45, 2.75) is 6.54 Å². The first-order valence-electron chi connectivity index (χ1n) is 8.77. The van der Waals surface area contributed by atoms with Gasteiger partial charge in [-0.1, -0.05) is 6.07 Å². The number of benzene rings is 1. The molecule has 138 valence electrons. The van der Waals surface area contributed by atoms with E-state index < -0.39 is 0 Å². The lowest BCUT2D eigenvalue weighted by molar-refractivity contribution is 0.379. The number of nitrogens with one attached hydrogen (secondary N) is 1. The molecule has 6 nitrogen and oxygen atoms in total. The van der Waals surface area contributed by atoms with Gasteiger partial charge in [-0.2, -0.15) is 0 Å². The average Bonchev–Trinajstić information content (AvgIpc) is 2.72. The number of pyridine rings is 1. The van der Waals surface area contributed by atoms with E-state index in [0.29, 0.717) is 6.54 Å². The van der Waals surface area contributed by atoms with E-state index in [2.05, 4.69) is 30.1 Å². The number of hydrogen-bond acceptors (Lipinski definition) is 5. The molecule has 0 bridgehead atoms. The summed E-state index contributed by atoms with van der Waals surface area (Å²) in [6.07, 6.45) is 5.11.